The first kappa shape index (κ1) is 13.5. The van der Waals surface area contributed by atoms with Crippen LogP contribution in [0.2, 0.25) is 5.02 Å². The fraction of sp³-hybridized carbons (Fsp3) is 0.308. The third-order valence-corrected chi connectivity index (χ3v) is 2.80. The summed E-state index contributed by atoms with van der Waals surface area (Å²) in [6, 6.07) is 6.96. The molecule has 0 aliphatic rings. The Hall–Kier alpha value is -1.88. The van der Waals surface area contributed by atoms with Gasteiger partial charge in [-0.05, 0) is 25.1 Å². The van der Waals surface area contributed by atoms with E-state index in [2.05, 4.69) is 10.3 Å². The van der Waals surface area contributed by atoms with Gasteiger partial charge in [0, 0.05) is 18.3 Å². The summed E-state index contributed by atoms with van der Waals surface area (Å²) in [5, 5.41) is 8.23. The summed E-state index contributed by atoms with van der Waals surface area (Å²) in [5.41, 5.74) is 0.633. The Balaban J connectivity index is 1.96. The second kappa shape index (κ2) is 5.84. The van der Waals surface area contributed by atoms with Crippen LogP contribution in [0.15, 0.2) is 30.5 Å². The first-order valence-electron chi connectivity index (χ1n) is 5.85. The molecule has 1 unspecified atom stereocenters. The van der Waals surface area contributed by atoms with Crippen molar-refractivity contribution in [1.82, 2.24) is 15.0 Å². The van der Waals surface area contributed by atoms with Gasteiger partial charge in [-0.1, -0.05) is 22.9 Å². The third-order valence-electron chi connectivity index (χ3n) is 2.57. The van der Waals surface area contributed by atoms with Gasteiger partial charge < -0.3 is 4.74 Å². The minimum atomic E-state index is -0.555. The van der Waals surface area contributed by atoms with Crippen LogP contribution in [0.5, 0.6) is 5.75 Å². The van der Waals surface area contributed by atoms with Gasteiger partial charge in [0.2, 0.25) is 0 Å². The largest absolute Gasteiger partial charge is 0.483 e. The van der Waals surface area contributed by atoms with E-state index in [0.717, 1.165) is 0 Å². The van der Waals surface area contributed by atoms with E-state index < -0.39 is 6.10 Å². The van der Waals surface area contributed by atoms with Crippen LogP contribution >= 0.6 is 11.6 Å². The molecule has 0 aliphatic carbocycles. The van der Waals surface area contributed by atoms with Crippen LogP contribution in [0, 0.1) is 0 Å². The highest BCUT2D eigenvalue weighted by Crippen LogP contribution is 2.18. The predicted molar refractivity (Wildman–Crippen MR) is 71.3 cm³/mol. The van der Waals surface area contributed by atoms with Crippen LogP contribution < -0.4 is 4.74 Å². The number of carbonyl (C=O) groups excluding carboxylic acids is 1. The minimum Gasteiger partial charge on any atom is -0.483 e. The monoisotopic (exact) mass is 279 g/mol. The van der Waals surface area contributed by atoms with Crippen molar-refractivity contribution in [3.63, 3.8) is 0 Å². The Morgan fingerprint density at radius 1 is 1.53 bits per heavy atom. The third kappa shape index (κ3) is 3.79. The van der Waals surface area contributed by atoms with Crippen LogP contribution in [0.25, 0.3) is 0 Å². The van der Waals surface area contributed by atoms with Crippen molar-refractivity contribution in [1.29, 1.82) is 0 Å². The van der Waals surface area contributed by atoms with Crippen LogP contribution in [0.3, 0.4) is 0 Å². The normalized spacial score (nSPS) is 12.2. The summed E-state index contributed by atoms with van der Waals surface area (Å²) < 4.78 is 7.11. The molecule has 1 atom stereocenters. The number of aromatic nitrogens is 3. The smallest absolute Gasteiger partial charge is 0.179 e. The molecule has 0 fully saturated rings. The maximum atomic E-state index is 12.0. The summed E-state index contributed by atoms with van der Waals surface area (Å²) in [4.78, 5) is 12.0. The Morgan fingerprint density at radius 2 is 2.32 bits per heavy atom. The number of rotatable bonds is 5. The highest BCUT2D eigenvalue weighted by atomic mass is 35.5. The Bertz CT molecular complexity index is 583. The lowest BCUT2D eigenvalue weighted by Crippen LogP contribution is -2.25. The van der Waals surface area contributed by atoms with Crippen molar-refractivity contribution in [3.05, 3.63) is 41.2 Å². The quantitative estimate of drug-likeness (QED) is 0.840. The fourth-order valence-electron chi connectivity index (χ4n) is 1.61. The highest BCUT2D eigenvalue weighted by molar-refractivity contribution is 6.30. The fourth-order valence-corrected chi connectivity index (χ4v) is 1.79. The number of nitrogens with zero attached hydrogens (tertiary/aromatic N) is 3. The van der Waals surface area contributed by atoms with E-state index in [9.17, 15) is 4.79 Å². The van der Waals surface area contributed by atoms with Crippen LogP contribution in [-0.4, -0.2) is 26.9 Å². The molecule has 0 radical (unpaired) electrons. The van der Waals surface area contributed by atoms with Gasteiger partial charge in [0.1, 0.15) is 5.75 Å². The molecule has 6 heteroatoms. The second-order valence-electron chi connectivity index (χ2n) is 4.24. The van der Waals surface area contributed by atoms with Crippen molar-refractivity contribution in [2.24, 2.45) is 7.05 Å². The van der Waals surface area contributed by atoms with Gasteiger partial charge >= 0.3 is 0 Å². The molecule has 2 aromatic rings. The maximum Gasteiger partial charge on any atom is 0.179 e. The number of ketones is 1. The molecule has 0 spiro atoms. The zero-order valence-corrected chi connectivity index (χ0v) is 11.5. The SMILES string of the molecule is CC(Oc1cccc(Cl)c1)C(=O)Cc1cn(C)nn1. The lowest BCUT2D eigenvalue weighted by Gasteiger charge is -2.13. The lowest BCUT2D eigenvalue weighted by atomic mass is 10.1. The summed E-state index contributed by atoms with van der Waals surface area (Å²) in [6.07, 6.45) is 1.36. The van der Waals surface area contributed by atoms with Gasteiger partial charge in [-0.3, -0.25) is 9.48 Å². The Labute approximate surface area is 116 Å². The second-order valence-corrected chi connectivity index (χ2v) is 4.68. The first-order valence-corrected chi connectivity index (χ1v) is 6.22. The topological polar surface area (TPSA) is 57.0 Å². The molecule has 1 aromatic carbocycles. The van der Waals surface area contributed by atoms with Gasteiger partial charge in [0.05, 0.1) is 12.1 Å². The average molecular weight is 280 g/mol. The number of Topliss-reactive ketones (excluding diaryl/α,β-unsaturated/α-hetero) is 1. The summed E-state index contributed by atoms with van der Waals surface area (Å²) >= 11 is 5.85. The van der Waals surface area contributed by atoms with Gasteiger partial charge in [0.15, 0.2) is 11.9 Å². The minimum absolute atomic E-state index is 0.0551. The van der Waals surface area contributed by atoms with E-state index in [4.69, 9.17) is 16.3 Å². The number of ether oxygens (including phenoxy) is 1. The van der Waals surface area contributed by atoms with Crippen molar-refractivity contribution < 1.29 is 9.53 Å². The number of halogens is 1. The molecule has 1 aromatic heterocycles. The van der Waals surface area contributed by atoms with E-state index >= 15 is 0 Å². The van der Waals surface area contributed by atoms with Gasteiger partial charge in [-0.25, -0.2) is 0 Å². The molecule has 0 bridgehead atoms. The number of benzene rings is 1. The standard InChI is InChI=1S/C13H14ClN3O2/c1-9(19-12-5-3-4-10(14)6-12)13(18)7-11-8-17(2)16-15-11/h3-6,8-9H,7H2,1-2H3. The van der Waals surface area contributed by atoms with E-state index in [1.807, 2.05) is 0 Å². The molecule has 0 amide bonds. The molecule has 0 saturated carbocycles. The average Bonchev–Trinajstić information content (AvgIpc) is 2.74. The van der Waals surface area contributed by atoms with Gasteiger partial charge in [-0.2, -0.15) is 0 Å². The Kier molecular flexibility index (Phi) is 4.16. The van der Waals surface area contributed by atoms with E-state index in [-0.39, 0.29) is 12.2 Å². The summed E-state index contributed by atoms with van der Waals surface area (Å²) in [6.45, 7) is 1.71. The zero-order valence-electron chi connectivity index (χ0n) is 10.7. The number of hydrogen-bond donors (Lipinski definition) is 0. The molecule has 0 aliphatic heterocycles. The number of aryl methyl sites for hydroxylation is 1. The maximum absolute atomic E-state index is 12.0. The summed E-state index contributed by atoms with van der Waals surface area (Å²) in [5.74, 6) is 0.521. The Morgan fingerprint density at radius 3 is 2.95 bits per heavy atom. The van der Waals surface area contributed by atoms with Crippen molar-refractivity contribution in [3.8, 4) is 5.75 Å². The molecule has 1 heterocycles. The summed E-state index contributed by atoms with van der Waals surface area (Å²) in [7, 11) is 1.76. The van der Waals surface area contributed by atoms with Crippen LogP contribution in [0.4, 0.5) is 0 Å². The van der Waals surface area contributed by atoms with Crippen molar-refractivity contribution in [2.45, 2.75) is 19.4 Å². The zero-order chi connectivity index (χ0) is 13.8. The van der Waals surface area contributed by atoms with E-state index in [0.29, 0.717) is 16.5 Å². The van der Waals surface area contributed by atoms with E-state index in [1.54, 1.807) is 49.1 Å². The van der Waals surface area contributed by atoms with Gasteiger partial charge in [-0.15, -0.1) is 5.10 Å². The molecular formula is C13H14ClN3O2. The van der Waals surface area contributed by atoms with Gasteiger partial charge in [0.25, 0.3) is 0 Å². The number of carbonyl (C=O) groups is 1. The van der Waals surface area contributed by atoms with Crippen LogP contribution in [-0.2, 0) is 18.3 Å². The van der Waals surface area contributed by atoms with Crippen molar-refractivity contribution in [2.75, 3.05) is 0 Å². The predicted octanol–water partition coefficient (Wildman–Crippen LogP) is 2.05. The molecule has 0 N–H and O–H groups in total. The van der Waals surface area contributed by atoms with Crippen LogP contribution in [0.1, 0.15) is 12.6 Å². The molecule has 2 rings (SSSR count). The highest BCUT2D eigenvalue weighted by Gasteiger charge is 2.16. The molecule has 0 saturated heterocycles. The first-order chi connectivity index (χ1) is 9.04. The molecule has 19 heavy (non-hydrogen) atoms. The molecular weight excluding hydrogens is 266 g/mol. The van der Waals surface area contributed by atoms with Crippen molar-refractivity contribution >= 4 is 17.4 Å². The lowest BCUT2D eigenvalue weighted by molar-refractivity contribution is -0.124. The molecule has 5 nitrogen and oxygen atoms in total. The number of hydrogen-bond acceptors (Lipinski definition) is 4. The molecule has 100 valence electrons. The van der Waals surface area contributed by atoms with E-state index in [1.165, 1.54) is 0 Å².